The van der Waals surface area contributed by atoms with Crippen molar-refractivity contribution in [3.8, 4) is 0 Å². The quantitative estimate of drug-likeness (QED) is 0.550. The van der Waals surface area contributed by atoms with E-state index >= 15 is 0 Å². The number of rotatable bonds is 5. The number of nitrogens with one attached hydrogen (secondary N) is 1. The third-order valence-electron chi connectivity index (χ3n) is 2.65. The summed E-state index contributed by atoms with van der Waals surface area (Å²) in [6.45, 7) is 8.43. The predicted molar refractivity (Wildman–Crippen MR) is 56.2 cm³/mol. The molecule has 1 heterocycles. The molecule has 0 aromatic heterocycles. The fraction of sp³-hybridized carbons (Fsp3) is 1.00. The van der Waals surface area contributed by atoms with Gasteiger partial charge in [0, 0.05) is 19.6 Å². The summed E-state index contributed by atoms with van der Waals surface area (Å²) in [5.74, 6) is 0.562. The lowest BCUT2D eigenvalue weighted by molar-refractivity contribution is 0.0572. The number of hydrogen-bond acceptors (Lipinski definition) is 4. The van der Waals surface area contributed by atoms with Gasteiger partial charge in [-0.2, -0.15) is 0 Å². The fourth-order valence-electron chi connectivity index (χ4n) is 1.89. The molecule has 4 nitrogen and oxygen atoms in total. The van der Waals surface area contributed by atoms with Crippen molar-refractivity contribution in [2.24, 2.45) is 5.92 Å². The molecule has 0 spiro atoms. The van der Waals surface area contributed by atoms with Crippen LogP contribution in [0.3, 0.4) is 0 Å². The van der Waals surface area contributed by atoms with E-state index in [0.29, 0.717) is 19.0 Å². The maximum absolute atomic E-state index is 9.35. The smallest absolute Gasteiger partial charge is 0.0938 e. The van der Waals surface area contributed by atoms with Crippen molar-refractivity contribution in [3.05, 3.63) is 0 Å². The van der Waals surface area contributed by atoms with Gasteiger partial charge in [0.2, 0.25) is 0 Å². The molecule has 84 valence electrons. The molecule has 1 aliphatic rings. The Bertz CT molecular complexity index is 156. The maximum Gasteiger partial charge on any atom is 0.0938 e. The highest BCUT2D eigenvalue weighted by Gasteiger charge is 2.29. The van der Waals surface area contributed by atoms with Crippen LogP contribution in [-0.4, -0.2) is 60.0 Å². The number of hydrogen-bond donors (Lipinski definition) is 3. The van der Waals surface area contributed by atoms with Gasteiger partial charge in [-0.05, 0) is 19.0 Å². The Morgan fingerprint density at radius 1 is 1.36 bits per heavy atom. The monoisotopic (exact) mass is 202 g/mol. The highest BCUT2D eigenvalue weighted by Crippen LogP contribution is 2.11. The van der Waals surface area contributed by atoms with Crippen LogP contribution in [0.25, 0.3) is 0 Å². The largest absolute Gasteiger partial charge is 0.389 e. The Kier molecular flexibility index (Phi) is 4.81. The first kappa shape index (κ1) is 11.9. The number of nitrogens with zero attached hydrogens (tertiary/aromatic N) is 1. The second-order valence-electron chi connectivity index (χ2n) is 4.27. The average Bonchev–Trinajstić information content (AvgIpc) is 2.42. The van der Waals surface area contributed by atoms with Gasteiger partial charge in [-0.1, -0.05) is 13.8 Å². The zero-order valence-electron chi connectivity index (χ0n) is 9.11. The van der Waals surface area contributed by atoms with Gasteiger partial charge in [-0.25, -0.2) is 0 Å². The third kappa shape index (κ3) is 3.53. The second kappa shape index (κ2) is 5.66. The summed E-state index contributed by atoms with van der Waals surface area (Å²) < 4.78 is 0. The van der Waals surface area contributed by atoms with Crippen molar-refractivity contribution in [3.63, 3.8) is 0 Å². The van der Waals surface area contributed by atoms with Gasteiger partial charge in [0.25, 0.3) is 0 Å². The minimum absolute atomic E-state index is 0.554. The molecule has 3 N–H and O–H groups in total. The Morgan fingerprint density at radius 2 is 1.93 bits per heavy atom. The zero-order chi connectivity index (χ0) is 10.6. The van der Waals surface area contributed by atoms with Gasteiger partial charge < -0.3 is 15.5 Å². The molecule has 1 aliphatic heterocycles. The van der Waals surface area contributed by atoms with E-state index in [9.17, 15) is 10.2 Å². The Morgan fingerprint density at radius 3 is 2.43 bits per heavy atom. The normalized spacial score (nSPS) is 30.9. The van der Waals surface area contributed by atoms with Crippen LogP contribution in [0.5, 0.6) is 0 Å². The van der Waals surface area contributed by atoms with Crippen LogP contribution in [0.1, 0.15) is 13.8 Å². The van der Waals surface area contributed by atoms with E-state index in [-0.39, 0.29) is 0 Å². The van der Waals surface area contributed by atoms with E-state index < -0.39 is 12.2 Å². The van der Waals surface area contributed by atoms with Crippen LogP contribution in [-0.2, 0) is 0 Å². The van der Waals surface area contributed by atoms with Crippen molar-refractivity contribution in [1.82, 2.24) is 10.2 Å². The lowest BCUT2D eigenvalue weighted by atomic mass is 10.1. The summed E-state index contributed by atoms with van der Waals surface area (Å²) in [5, 5.41) is 22.0. The minimum atomic E-state index is -0.554. The first-order chi connectivity index (χ1) is 6.63. The first-order valence-corrected chi connectivity index (χ1v) is 5.42. The Balaban J connectivity index is 2.18. The van der Waals surface area contributed by atoms with Crippen LogP contribution < -0.4 is 5.32 Å². The van der Waals surface area contributed by atoms with Crippen LogP contribution >= 0.6 is 0 Å². The Labute approximate surface area is 85.9 Å². The average molecular weight is 202 g/mol. The molecule has 0 amide bonds. The number of aliphatic hydroxyl groups is 2. The summed E-state index contributed by atoms with van der Waals surface area (Å²) in [4.78, 5) is 2.12. The summed E-state index contributed by atoms with van der Waals surface area (Å²) in [5.41, 5.74) is 0. The van der Waals surface area contributed by atoms with Crippen molar-refractivity contribution < 1.29 is 10.2 Å². The molecular weight excluding hydrogens is 180 g/mol. The van der Waals surface area contributed by atoms with E-state index in [1.165, 1.54) is 0 Å². The Hall–Kier alpha value is -0.160. The third-order valence-corrected chi connectivity index (χ3v) is 2.65. The van der Waals surface area contributed by atoms with Gasteiger partial charge in [0.1, 0.15) is 0 Å². The molecule has 0 aromatic carbocycles. The van der Waals surface area contributed by atoms with Crippen LogP contribution in [0.4, 0.5) is 0 Å². The molecule has 3 atom stereocenters. The molecule has 0 aromatic rings. The van der Waals surface area contributed by atoms with Crippen molar-refractivity contribution in [2.75, 3.05) is 32.7 Å². The topological polar surface area (TPSA) is 55.7 Å². The van der Waals surface area contributed by atoms with Crippen molar-refractivity contribution >= 4 is 0 Å². The van der Waals surface area contributed by atoms with Crippen molar-refractivity contribution in [2.45, 2.75) is 26.1 Å². The zero-order valence-corrected chi connectivity index (χ0v) is 9.11. The first-order valence-electron chi connectivity index (χ1n) is 5.42. The van der Waals surface area contributed by atoms with E-state index in [1.54, 1.807) is 0 Å². The molecule has 14 heavy (non-hydrogen) atoms. The number of likely N-dealkylation sites (tertiary alicyclic amines) is 1. The van der Waals surface area contributed by atoms with E-state index in [2.05, 4.69) is 24.1 Å². The van der Waals surface area contributed by atoms with E-state index in [4.69, 9.17) is 0 Å². The van der Waals surface area contributed by atoms with Gasteiger partial charge in [0.15, 0.2) is 0 Å². The lowest BCUT2D eigenvalue weighted by Gasteiger charge is -2.20. The maximum atomic E-state index is 9.35. The second-order valence-corrected chi connectivity index (χ2v) is 4.27. The highest BCUT2D eigenvalue weighted by molar-refractivity contribution is 4.83. The van der Waals surface area contributed by atoms with Crippen molar-refractivity contribution in [1.29, 1.82) is 0 Å². The molecule has 1 saturated heterocycles. The summed E-state index contributed by atoms with van der Waals surface area (Å²) in [7, 11) is 0. The SMILES string of the molecule is CCNCC(C)CN1CC(O)C(O)C1. The molecule has 0 saturated carbocycles. The van der Waals surface area contributed by atoms with E-state index in [0.717, 1.165) is 19.6 Å². The summed E-state index contributed by atoms with van der Waals surface area (Å²) >= 11 is 0. The number of β-amino-alcohol motifs (C(OH)–C–C–N with tert-alkyl or cyclic N) is 2. The van der Waals surface area contributed by atoms with E-state index in [1.807, 2.05) is 0 Å². The highest BCUT2D eigenvalue weighted by atomic mass is 16.3. The van der Waals surface area contributed by atoms with Gasteiger partial charge in [-0.15, -0.1) is 0 Å². The van der Waals surface area contributed by atoms with Crippen LogP contribution in [0, 0.1) is 5.92 Å². The minimum Gasteiger partial charge on any atom is -0.389 e. The molecule has 3 unspecified atom stereocenters. The predicted octanol–water partition coefficient (Wildman–Crippen LogP) is -0.731. The molecular formula is C10H22N2O2. The lowest BCUT2D eigenvalue weighted by Crippen LogP contribution is -2.32. The summed E-state index contributed by atoms with van der Waals surface area (Å²) in [6, 6.07) is 0. The van der Waals surface area contributed by atoms with Crippen LogP contribution in [0.2, 0.25) is 0 Å². The molecule has 1 fully saturated rings. The fourth-order valence-corrected chi connectivity index (χ4v) is 1.89. The van der Waals surface area contributed by atoms with Gasteiger partial charge >= 0.3 is 0 Å². The van der Waals surface area contributed by atoms with Crippen LogP contribution in [0.15, 0.2) is 0 Å². The molecule has 0 radical (unpaired) electrons. The number of aliphatic hydroxyl groups excluding tert-OH is 2. The molecule has 0 bridgehead atoms. The van der Waals surface area contributed by atoms with Gasteiger partial charge in [0.05, 0.1) is 12.2 Å². The summed E-state index contributed by atoms with van der Waals surface area (Å²) in [6.07, 6.45) is -1.11. The van der Waals surface area contributed by atoms with Gasteiger partial charge in [-0.3, -0.25) is 4.90 Å². The molecule has 1 rings (SSSR count). The standard InChI is InChI=1S/C10H22N2O2/c1-3-11-4-8(2)5-12-6-9(13)10(14)7-12/h8-11,13-14H,3-7H2,1-2H3. The molecule has 0 aliphatic carbocycles. The molecule has 4 heteroatoms.